The number of benzene rings is 1. The van der Waals surface area contributed by atoms with E-state index in [1.165, 1.54) is 19.3 Å². The smallest absolute Gasteiger partial charge is 0.257 e. The Morgan fingerprint density at radius 2 is 1.90 bits per heavy atom. The summed E-state index contributed by atoms with van der Waals surface area (Å²) in [5, 5.41) is 0.648. The quantitative estimate of drug-likeness (QED) is 0.603. The molecule has 4 fully saturated rings. The van der Waals surface area contributed by atoms with Crippen molar-refractivity contribution in [2.75, 3.05) is 18.0 Å². The lowest BCUT2D eigenvalue weighted by molar-refractivity contribution is -0.173. The Balaban J connectivity index is 1.51. The van der Waals surface area contributed by atoms with Crippen LogP contribution in [-0.2, 0) is 0 Å². The molecule has 0 spiro atoms. The minimum atomic E-state index is 0.00236. The molecule has 1 aliphatic heterocycles. The molecule has 1 saturated heterocycles. The van der Waals surface area contributed by atoms with Crippen LogP contribution in [0, 0.1) is 42.4 Å². The maximum Gasteiger partial charge on any atom is 0.257 e. The summed E-state index contributed by atoms with van der Waals surface area (Å²) < 4.78 is 1.75. The lowest BCUT2D eigenvalue weighted by Crippen LogP contribution is -2.61. The van der Waals surface area contributed by atoms with E-state index < -0.39 is 0 Å². The maximum absolute atomic E-state index is 13.2. The van der Waals surface area contributed by atoms with Gasteiger partial charge in [-0.15, -0.1) is 0 Å². The summed E-state index contributed by atoms with van der Waals surface area (Å²) >= 11 is 6.54. The Kier molecular flexibility index (Phi) is 4.46. The minimum absolute atomic E-state index is 0.00236. The molecule has 1 aromatic carbocycles. The monoisotopic (exact) mass is 424 g/mol. The number of anilines is 1. The number of pyridine rings is 1. The maximum atomic E-state index is 13.2. The van der Waals surface area contributed by atoms with Gasteiger partial charge >= 0.3 is 0 Å². The summed E-state index contributed by atoms with van der Waals surface area (Å²) in [7, 11) is 0. The van der Waals surface area contributed by atoms with Crippen LogP contribution < -0.4 is 10.5 Å². The largest absolute Gasteiger partial charge is 0.370 e. The third-order valence-electron chi connectivity index (χ3n) is 9.11. The molecule has 2 aromatic rings. The van der Waals surface area contributed by atoms with Crippen LogP contribution in [0.4, 0.5) is 5.69 Å². The number of halogens is 1. The van der Waals surface area contributed by atoms with E-state index in [0.717, 1.165) is 53.5 Å². The fourth-order valence-corrected chi connectivity index (χ4v) is 7.47. The van der Waals surface area contributed by atoms with E-state index in [0.29, 0.717) is 15.9 Å². The number of hydrogen-bond donors (Lipinski definition) is 0. The molecule has 30 heavy (non-hydrogen) atoms. The van der Waals surface area contributed by atoms with Gasteiger partial charge in [0, 0.05) is 30.5 Å². The van der Waals surface area contributed by atoms with Crippen LogP contribution in [0.3, 0.4) is 0 Å². The van der Waals surface area contributed by atoms with Gasteiger partial charge in [0.1, 0.15) is 0 Å². The third-order valence-corrected chi connectivity index (χ3v) is 9.60. The second-order valence-electron chi connectivity index (χ2n) is 10.6. The van der Waals surface area contributed by atoms with Crippen molar-refractivity contribution in [1.82, 2.24) is 4.57 Å². The molecule has 3 aliphatic carbocycles. The minimum Gasteiger partial charge on any atom is -0.370 e. The molecule has 4 atom stereocenters. The highest BCUT2D eigenvalue weighted by Gasteiger charge is 2.66. The van der Waals surface area contributed by atoms with Crippen molar-refractivity contribution in [1.29, 1.82) is 0 Å². The van der Waals surface area contributed by atoms with E-state index in [4.69, 9.17) is 11.6 Å². The van der Waals surface area contributed by atoms with Gasteiger partial charge in [0.25, 0.3) is 5.56 Å². The predicted octanol–water partition coefficient (Wildman–Crippen LogP) is 6.01. The van der Waals surface area contributed by atoms with Gasteiger partial charge < -0.3 is 4.90 Å². The Morgan fingerprint density at radius 3 is 2.57 bits per heavy atom. The number of aryl methyl sites for hydroxylation is 2. The van der Waals surface area contributed by atoms with E-state index in [1.807, 2.05) is 38.1 Å². The summed E-state index contributed by atoms with van der Waals surface area (Å²) in [5.74, 6) is 2.45. The second kappa shape index (κ2) is 6.63. The fourth-order valence-electron chi connectivity index (χ4n) is 7.26. The van der Waals surface area contributed by atoms with Crippen LogP contribution in [0.2, 0.25) is 5.02 Å². The molecule has 4 heteroatoms. The molecule has 4 aliphatic rings. The molecule has 4 unspecified atom stereocenters. The second-order valence-corrected chi connectivity index (χ2v) is 11.0. The predicted molar refractivity (Wildman–Crippen MR) is 125 cm³/mol. The molecular weight excluding hydrogens is 392 g/mol. The first-order valence-corrected chi connectivity index (χ1v) is 11.8. The van der Waals surface area contributed by atoms with Crippen molar-refractivity contribution in [3.8, 4) is 5.69 Å². The van der Waals surface area contributed by atoms with Crippen molar-refractivity contribution >= 4 is 17.3 Å². The lowest BCUT2D eigenvalue weighted by atomic mass is 9.38. The van der Waals surface area contributed by atoms with Crippen molar-refractivity contribution < 1.29 is 0 Å². The highest BCUT2D eigenvalue weighted by molar-refractivity contribution is 6.33. The van der Waals surface area contributed by atoms with Crippen molar-refractivity contribution in [2.45, 2.75) is 53.9 Å². The highest BCUT2D eigenvalue weighted by Crippen LogP contribution is 2.70. The molecule has 3 nitrogen and oxygen atoms in total. The van der Waals surface area contributed by atoms with E-state index in [-0.39, 0.29) is 5.56 Å². The number of aromatic nitrogens is 1. The zero-order chi connectivity index (χ0) is 21.4. The molecule has 160 valence electrons. The van der Waals surface area contributed by atoms with E-state index in [2.05, 4.69) is 31.7 Å². The summed E-state index contributed by atoms with van der Waals surface area (Å²) in [4.78, 5) is 15.7. The lowest BCUT2D eigenvalue weighted by Gasteiger charge is -2.66. The van der Waals surface area contributed by atoms with Gasteiger partial charge in [0.2, 0.25) is 0 Å². The van der Waals surface area contributed by atoms with E-state index >= 15 is 0 Å². The van der Waals surface area contributed by atoms with Crippen molar-refractivity contribution in [3.63, 3.8) is 0 Å². The first-order valence-electron chi connectivity index (χ1n) is 11.4. The first-order chi connectivity index (χ1) is 14.2. The van der Waals surface area contributed by atoms with Gasteiger partial charge in [-0.1, -0.05) is 44.5 Å². The molecule has 0 radical (unpaired) electrons. The Morgan fingerprint density at radius 1 is 1.13 bits per heavy atom. The number of hydrogen-bond acceptors (Lipinski definition) is 2. The van der Waals surface area contributed by atoms with Crippen LogP contribution in [-0.4, -0.2) is 17.7 Å². The van der Waals surface area contributed by atoms with Crippen LogP contribution in [0.5, 0.6) is 0 Å². The molecular formula is C26H33ClN2O. The number of nitrogens with zero attached hydrogens (tertiary/aromatic N) is 2. The standard InChI is InChI=1S/C26H33ClN2O/c1-6-26-15-28(14-19(26)11-18-12-22(26)25(18,4)5)20-10-17(3)29(23(30)13-20)21-9-7-8-16(2)24(21)27/h7-10,13,18-19,22H,6,11-12,14-15H2,1-5H3. The van der Waals surface area contributed by atoms with Gasteiger partial charge in [-0.2, -0.15) is 0 Å². The Labute approximate surface area is 185 Å². The zero-order valence-corrected chi connectivity index (χ0v) is 19.6. The topological polar surface area (TPSA) is 25.2 Å². The average Bonchev–Trinajstić information content (AvgIpc) is 3.10. The van der Waals surface area contributed by atoms with Gasteiger partial charge in [0.15, 0.2) is 0 Å². The summed E-state index contributed by atoms with van der Waals surface area (Å²) in [6.45, 7) is 13.5. The molecule has 0 amide bonds. The molecule has 2 bridgehead atoms. The molecule has 3 saturated carbocycles. The van der Waals surface area contributed by atoms with Crippen LogP contribution in [0.25, 0.3) is 5.69 Å². The van der Waals surface area contributed by atoms with Crippen LogP contribution in [0.1, 0.15) is 51.3 Å². The van der Waals surface area contributed by atoms with Gasteiger partial charge in [-0.3, -0.25) is 9.36 Å². The zero-order valence-electron chi connectivity index (χ0n) is 18.8. The third kappa shape index (κ3) is 2.60. The summed E-state index contributed by atoms with van der Waals surface area (Å²) in [6, 6.07) is 9.86. The average molecular weight is 425 g/mol. The molecule has 2 heterocycles. The fraction of sp³-hybridized carbons (Fsp3) is 0.577. The SMILES string of the molecule is CCC12CN(c3cc(C)n(-c4cccc(C)c4Cl)c(=O)c3)CC1CC1CC2C1(C)C. The molecule has 0 N–H and O–H groups in total. The summed E-state index contributed by atoms with van der Waals surface area (Å²) in [6.07, 6.45) is 3.99. The molecule has 1 aromatic heterocycles. The van der Waals surface area contributed by atoms with Gasteiger partial charge in [-0.05, 0) is 79.4 Å². The highest BCUT2D eigenvalue weighted by atomic mass is 35.5. The van der Waals surface area contributed by atoms with Gasteiger partial charge in [0.05, 0.1) is 10.7 Å². The summed E-state index contributed by atoms with van der Waals surface area (Å²) in [5.41, 5.74) is 4.66. The number of rotatable bonds is 3. The Hall–Kier alpha value is -1.74. The van der Waals surface area contributed by atoms with Crippen molar-refractivity contribution in [3.05, 3.63) is 57.0 Å². The first kappa shape index (κ1) is 20.2. The molecule has 6 rings (SSSR count). The van der Waals surface area contributed by atoms with Gasteiger partial charge in [-0.25, -0.2) is 0 Å². The normalized spacial score (nSPS) is 31.4. The van der Waals surface area contributed by atoms with E-state index in [9.17, 15) is 4.79 Å². The van der Waals surface area contributed by atoms with Crippen LogP contribution >= 0.6 is 11.6 Å². The van der Waals surface area contributed by atoms with Crippen molar-refractivity contribution in [2.24, 2.45) is 28.6 Å². The van der Waals surface area contributed by atoms with Crippen LogP contribution in [0.15, 0.2) is 35.1 Å². The van der Waals surface area contributed by atoms with E-state index in [1.54, 1.807) is 4.57 Å². The Bertz CT molecular complexity index is 1070.